The van der Waals surface area contributed by atoms with Crippen molar-refractivity contribution in [3.8, 4) is 11.5 Å². The summed E-state index contributed by atoms with van der Waals surface area (Å²) in [4.78, 5) is 0. The average molecular weight is 200 g/mol. The smallest absolute Gasteiger partial charge is 0.180 e. The van der Waals surface area contributed by atoms with Gasteiger partial charge in [0.15, 0.2) is 11.5 Å². The van der Waals surface area contributed by atoms with Gasteiger partial charge in [-0.3, -0.25) is 0 Å². The van der Waals surface area contributed by atoms with Crippen LogP contribution in [0.3, 0.4) is 0 Å². The Morgan fingerprint density at radius 3 is 2.62 bits per heavy atom. The molecule has 0 bridgehead atoms. The Morgan fingerprint density at radius 2 is 1.92 bits per heavy atom. The van der Waals surface area contributed by atoms with E-state index in [1.54, 1.807) is 6.07 Å². The number of hydrogen-bond acceptors (Lipinski definition) is 3. The van der Waals surface area contributed by atoms with Crippen LogP contribution in [0, 0.1) is 0 Å². The highest BCUT2D eigenvalue weighted by Crippen LogP contribution is 2.39. The molecule has 13 heavy (non-hydrogen) atoms. The average Bonchev–Trinajstić information content (AvgIpc) is 2.19. The van der Waals surface area contributed by atoms with E-state index in [1.165, 1.54) is 0 Å². The zero-order valence-corrected chi connectivity index (χ0v) is 7.80. The molecule has 1 aliphatic heterocycles. The lowest BCUT2D eigenvalue weighted by molar-refractivity contribution is 0.170. The zero-order valence-electron chi connectivity index (χ0n) is 7.05. The molecule has 1 aliphatic rings. The van der Waals surface area contributed by atoms with Gasteiger partial charge in [0.1, 0.15) is 13.2 Å². The van der Waals surface area contributed by atoms with Crippen LogP contribution in [-0.4, -0.2) is 13.2 Å². The Kier molecular flexibility index (Phi) is 2.29. The molecule has 0 saturated carbocycles. The maximum Gasteiger partial charge on any atom is 0.180 e. The lowest BCUT2D eigenvalue weighted by Gasteiger charge is -2.21. The predicted molar refractivity (Wildman–Crippen MR) is 50.3 cm³/mol. The van der Waals surface area contributed by atoms with Crippen LogP contribution < -0.4 is 15.2 Å². The fourth-order valence-electron chi connectivity index (χ4n) is 1.32. The molecule has 0 spiro atoms. The van der Waals surface area contributed by atoms with Crippen molar-refractivity contribution in [1.29, 1.82) is 0 Å². The molecule has 0 aromatic heterocycles. The van der Waals surface area contributed by atoms with Crippen LogP contribution in [0.15, 0.2) is 12.1 Å². The Labute approximate surface area is 81.4 Å². The van der Waals surface area contributed by atoms with E-state index in [2.05, 4.69) is 0 Å². The third-order valence-corrected chi connectivity index (χ3v) is 2.24. The summed E-state index contributed by atoms with van der Waals surface area (Å²) < 4.78 is 10.8. The van der Waals surface area contributed by atoms with Crippen molar-refractivity contribution in [2.75, 3.05) is 13.2 Å². The van der Waals surface area contributed by atoms with Gasteiger partial charge in [0, 0.05) is 12.1 Å². The Balaban J connectivity index is 2.52. The number of rotatable bonds is 1. The Morgan fingerprint density at radius 1 is 1.23 bits per heavy atom. The number of hydrogen-bond donors (Lipinski definition) is 1. The van der Waals surface area contributed by atoms with Gasteiger partial charge in [-0.1, -0.05) is 17.7 Å². The summed E-state index contributed by atoms with van der Waals surface area (Å²) in [6, 6.07) is 3.63. The minimum atomic E-state index is 0.433. The second-order valence-electron chi connectivity index (χ2n) is 2.77. The quantitative estimate of drug-likeness (QED) is 0.747. The van der Waals surface area contributed by atoms with E-state index in [0.29, 0.717) is 36.3 Å². The molecule has 1 aromatic rings. The van der Waals surface area contributed by atoms with Crippen molar-refractivity contribution in [2.45, 2.75) is 6.54 Å². The van der Waals surface area contributed by atoms with Crippen LogP contribution in [0.2, 0.25) is 5.02 Å². The number of halogens is 1. The molecule has 2 N–H and O–H groups in total. The third kappa shape index (κ3) is 1.45. The minimum absolute atomic E-state index is 0.433. The molecule has 0 saturated heterocycles. The molecule has 4 heteroatoms. The molecule has 1 aromatic carbocycles. The lowest BCUT2D eigenvalue weighted by atomic mass is 10.2. The molecule has 3 nitrogen and oxygen atoms in total. The molecule has 0 radical (unpaired) electrons. The molecule has 0 aliphatic carbocycles. The summed E-state index contributed by atoms with van der Waals surface area (Å²) in [5.41, 5.74) is 6.48. The van der Waals surface area contributed by atoms with E-state index in [4.69, 9.17) is 26.8 Å². The third-order valence-electron chi connectivity index (χ3n) is 1.94. The number of benzene rings is 1. The second-order valence-corrected chi connectivity index (χ2v) is 3.17. The van der Waals surface area contributed by atoms with Crippen LogP contribution in [0.5, 0.6) is 11.5 Å². The molecule has 70 valence electrons. The largest absolute Gasteiger partial charge is 0.486 e. The standard InChI is InChI=1S/C9H10ClNO2/c10-7-2-1-6(5-11)8-9(7)13-4-3-12-8/h1-2H,3-5,11H2. The van der Waals surface area contributed by atoms with Crippen LogP contribution in [0.4, 0.5) is 0 Å². The Bertz CT molecular complexity index is 328. The summed E-state index contributed by atoms with van der Waals surface area (Å²) in [6.45, 7) is 1.53. The van der Waals surface area contributed by atoms with Crippen molar-refractivity contribution >= 4 is 11.6 Å². The maximum absolute atomic E-state index is 5.93. The van der Waals surface area contributed by atoms with Crippen LogP contribution in [0.1, 0.15) is 5.56 Å². The first kappa shape index (κ1) is 8.66. The normalized spacial score (nSPS) is 14.3. The van der Waals surface area contributed by atoms with Crippen molar-refractivity contribution in [3.63, 3.8) is 0 Å². The summed E-state index contributed by atoms with van der Waals surface area (Å²) in [6.07, 6.45) is 0. The Hall–Kier alpha value is -0.930. The second kappa shape index (κ2) is 3.44. The molecule has 0 fully saturated rings. The molecule has 0 unspecified atom stereocenters. The van der Waals surface area contributed by atoms with Crippen LogP contribution in [0.25, 0.3) is 0 Å². The van der Waals surface area contributed by atoms with E-state index in [9.17, 15) is 0 Å². The van der Waals surface area contributed by atoms with Gasteiger partial charge in [0.05, 0.1) is 5.02 Å². The first-order chi connectivity index (χ1) is 6.33. The lowest BCUT2D eigenvalue weighted by Crippen LogP contribution is -2.17. The van der Waals surface area contributed by atoms with Gasteiger partial charge < -0.3 is 15.2 Å². The molecule has 1 heterocycles. The topological polar surface area (TPSA) is 44.5 Å². The fourth-order valence-corrected chi connectivity index (χ4v) is 1.52. The van der Waals surface area contributed by atoms with Gasteiger partial charge in [0.25, 0.3) is 0 Å². The van der Waals surface area contributed by atoms with Crippen molar-refractivity contribution in [3.05, 3.63) is 22.7 Å². The number of ether oxygens (including phenoxy) is 2. The first-order valence-corrected chi connectivity index (χ1v) is 4.48. The van der Waals surface area contributed by atoms with Gasteiger partial charge in [-0.05, 0) is 6.07 Å². The van der Waals surface area contributed by atoms with Crippen LogP contribution >= 0.6 is 11.6 Å². The monoisotopic (exact) mass is 199 g/mol. The molecule has 0 atom stereocenters. The number of nitrogens with two attached hydrogens (primary N) is 1. The highest BCUT2D eigenvalue weighted by molar-refractivity contribution is 6.32. The molecule has 0 amide bonds. The number of fused-ring (bicyclic) bond motifs is 1. The zero-order chi connectivity index (χ0) is 9.26. The van der Waals surface area contributed by atoms with Gasteiger partial charge in [-0.15, -0.1) is 0 Å². The summed E-state index contributed by atoms with van der Waals surface area (Å²) in [7, 11) is 0. The first-order valence-electron chi connectivity index (χ1n) is 4.10. The van der Waals surface area contributed by atoms with Crippen molar-refractivity contribution < 1.29 is 9.47 Å². The van der Waals surface area contributed by atoms with Gasteiger partial charge in [-0.25, -0.2) is 0 Å². The van der Waals surface area contributed by atoms with E-state index in [-0.39, 0.29) is 0 Å². The van der Waals surface area contributed by atoms with Gasteiger partial charge >= 0.3 is 0 Å². The van der Waals surface area contributed by atoms with E-state index < -0.39 is 0 Å². The summed E-state index contributed by atoms with van der Waals surface area (Å²) >= 11 is 5.93. The predicted octanol–water partition coefficient (Wildman–Crippen LogP) is 1.57. The highest BCUT2D eigenvalue weighted by atomic mass is 35.5. The van der Waals surface area contributed by atoms with E-state index in [0.717, 1.165) is 5.56 Å². The molecular weight excluding hydrogens is 190 g/mol. The minimum Gasteiger partial charge on any atom is -0.486 e. The van der Waals surface area contributed by atoms with Crippen molar-refractivity contribution in [1.82, 2.24) is 0 Å². The molecular formula is C9H10ClNO2. The van der Waals surface area contributed by atoms with E-state index >= 15 is 0 Å². The van der Waals surface area contributed by atoms with Crippen molar-refractivity contribution in [2.24, 2.45) is 5.73 Å². The SMILES string of the molecule is NCc1ccc(Cl)c2c1OCCO2. The van der Waals surface area contributed by atoms with E-state index in [1.807, 2.05) is 6.07 Å². The summed E-state index contributed by atoms with van der Waals surface area (Å²) in [5.74, 6) is 1.32. The van der Waals surface area contributed by atoms with Crippen LogP contribution in [-0.2, 0) is 6.54 Å². The highest BCUT2D eigenvalue weighted by Gasteiger charge is 2.18. The maximum atomic E-state index is 5.93. The summed E-state index contributed by atoms with van der Waals surface area (Å²) in [5, 5.41) is 0.576. The van der Waals surface area contributed by atoms with Gasteiger partial charge in [0.2, 0.25) is 0 Å². The van der Waals surface area contributed by atoms with Gasteiger partial charge in [-0.2, -0.15) is 0 Å². The molecule has 2 rings (SSSR count). The fraction of sp³-hybridized carbons (Fsp3) is 0.333.